The third kappa shape index (κ3) is 26.0. The van der Waals surface area contributed by atoms with Gasteiger partial charge in [-0.05, 0) is 105 Å². The van der Waals surface area contributed by atoms with Gasteiger partial charge in [-0.1, -0.05) is 49.3 Å². The molecule has 0 spiro atoms. The molecule has 5 aromatic rings. The summed E-state index contributed by atoms with van der Waals surface area (Å²) in [5.74, 6) is -16.6. The van der Waals surface area contributed by atoms with Crippen molar-refractivity contribution in [3.8, 4) is 5.75 Å². The molecule has 8 rings (SSSR count). The van der Waals surface area contributed by atoms with Gasteiger partial charge in [-0.25, -0.2) is 9.78 Å². The summed E-state index contributed by atoms with van der Waals surface area (Å²) in [7, 11) is 0. The number of aromatic hydroxyl groups is 1. The number of carbonyl (C=O) groups is 13. The van der Waals surface area contributed by atoms with Gasteiger partial charge in [0.05, 0.1) is 31.8 Å². The van der Waals surface area contributed by atoms with Crippen molar-refractivity contribution in [3.63, 3.8) is 0 Å². The van der Waals surface area contributed by atoms with Gasteiger partial charge in [0.15, 0.2) is 18.7 Å². The van der Waals surface area contributed by atoms with Crippen molar-refractivity contribution in [2.24, 2.45) is 22.5 Å². The van der Waals surface area contributed by atoms with Crippen molar-refractivity contribution < 1.29 is 101 Å². The van der Waals surface area contributed by atoms with Gasteiger partial charge in [0, 0.05) is 68.9 Å². The van der Waals surface area contributed by atoms with Crippen LogP contribution in [0, 0.1) is 11.3 Å². The molecule has 3 aromatic heterocycles. The lowest BCUT2D eigenvalue weighted by Gasteiger charge is -2.30. The Labute approximate surface area is 660 Å². The van der Waals surface area contributed by atoms with Gasteiger partial charge in [-0.15, -0.1) is 0 Å². The number of carbonyl (C=O) groups excluding carboxylic acids is 13. The second-order valence-electron chi connectivity index (χ2n) is 28.2. The Morgan fingerprint density at radius 3 is 2.03 bits per heavy atom. The van der Waals surface area contributed by atoms with Crippen LogP contribution in [0.1, 0.15) is 101 Å². The van der Waals surface area contributed by atoms with Crippen LogP contribution in [-0.2, 0) is 91.2 Å². The van der Waals surface area contributed by atoms with E-state index in [9.17, 15) is 86.7 Å². The molecule has 3 fully saturated rings. The number of alkyl halides is 2. The lowest BCUT2D eigenvalue weighted by Crippen LogP contribution is -2.61. The number of guanidine groups is 1. The molecule has 44 heteroatoms. The summed E-state index contributed by atoms with van der Waals surface area (Å²) in [6, 6.07) is 2.04. The Balaban J connectivity index is 1.00. The Morgan fingerprint density at radius 2 is 1.40 bits per heavy atom. The quantitative estimate of drug-likeness (QED) is 0.00749. The molecule has 23 N–H and O–H groups in total. The standard InChI is InChI=1S/C72H96F2N22O20/c1-37(2)25-47(62(107)87-46(12-7-22-80-70(76)77)68(113)95-23-8-13-52(95)67(112)81-31-54(75)100)88-60(105)44(11-5-6-21-79-57(102)32-83-115-35-58(103)93-55-20-24-96(71(114)94-55)69-72(73,74)59(104)53(34-98)116-69)86-63(108)48(26-38-14-16-42(99)17-15-38)89-66(111)51(33-97)92-65(110)49(28-40-27-39-9-3-4-10-43(39)84-40)91-64(109)50(29-41-30-78-36-82-41)90-61(106)45-18-19-56(101)85-45/h3-4,9-10,14-17,20,24,27,30,32,36-37,44-53,59,69,84,97-99,104H,5-8,11-13,18-19,21-23,25-26,28-29,31,33-35H2,1-2H3,(H2,75,100)(H,78,82)(H,79,102)(H,81,112)(H,85,101)(H,86,108)(H,87,107)(H,88,105)(H,89,111)(H,90,106)(H,91,109)(H,92,110)(H4,76,77,80)(H,93,94,103,114)/b83-32+. The first kappa shape index (κ1) is 89.0. The average molecular weight is 1630 g/mol. The average Bonchev–Trinajstić information content (AvgIpc) is 1.60. The number of amides is 13. The Bertz CT molecular complexity index is 4380. The number of anilines is 1. The van der Waals surface area contributed by atoms with E-state index in [1.165, 1.54) is 41.7 Å². The fraction of sp³-hybridized carbons (Fsp3) is 0.500. The van der Waals surface area contributed by atoms with E-state index >= 15 is 9.59 Å². The van der Waals surface area contributed by atoms with E-state index in [2.05, 4.69) is 88.9 Å². The molecule has 0 aliphatic carbocycles. The zero-order valence-corrected chi connectivity index (χ0v) is 63.2. The van der Waals surface area contributed by atoms with E-state index in [1.807, 2.05) is 0 Å². The number of nitrogens with zero attached hydrogens (tertiary/aromatic N) is 5. The van der Waals surface area contributed by atoms with Gasteiger partial charge in [0.2, 0.25) is 71.2 Å². The van der Waals surface area contributed by atoms with Crippen LogP contribution in [0.15, 0.2) is 89.3 Å². The zero-order chi connectivity index (χ0) is 84.3. The number of halogens is 2. The molecule has 3 aliphatic heterocycles. The molecule has 12 unspecified atom stereocenters. The number of ether oxygens (including phenoxy) is 1. The Morgan fingerprint density at radius 1 is 0.759 bits per heavy atom. The van der Waals surface area contributed by atoms with E-state index in [0.29, 0.717) is 39.7 Å². The van der Waals surface area contributed by atoms with E-state index in [1.54, 1.807) is 44.2 Å². The maximum Gasteiger partial charge on any atom is 0.351 e. The van der Waals surface area contributed by atoms with Crippen LogP contribution in [0.5, 0.6) is 5.75 Å². The van der Waals surface area contributed by atoms with Crippen LogP contribution >= 0.6 is 0 Å². The number of hydrogen-bond acceptors (Lipinski definition) is 24. The third-order valence-electron chi connectivity index (χ3n) is 18.8. The molecule has 0 radical (unpaired) electrons. The van der Waals surface area contributed by atoms with Gasteiger partial charge in [-0.2, -0.15) is 13.8 Å². The minimum atomic E-state index is -4.01. The number of primary amides is 1. The van der Waals surface area contributed by atoms with Crippen molar-refractivity contribution in [2.45, 2.75) is 176 Å². The number of imidazole rings is 1. The molecule has 628 valence electrons. The minimum Gasteiger partial charge on any atom is -0.508 e. The van der Waals surface area contributed by atoms with Crippen LogP contribution < -0.4 is 81.0 Å². The van der Waals surface area contributed by atoms with Gasteiger partial charge in [0.25, 0.3) is 11.8 Å². The molecule has 116 heavy (non-hydrogen) atoms. The van der Waals surface area contributed by atoms with Crippen molar-refractivity contribution in [1.29, 1.82) is 5.41 Å². The van der Waals surface area contributed by atoms with Crippen LogP contribution in [-0.4, -0.2) is 257 Å². The number of H-pyrrole nitrogens is 2. The molecule has 13 amide bonds. The topological polar surface area (TPSA) is 636 Å². The van der Waals surface area contributed by atoms with Crippen molar-refractivity contribution >= 4 is 106 Å². The molecule has 0 saturated carbocycles. The highest BCUT2D eigenvalue weighted by Crippen LogP contribution is 2.42. The molecule has 2 aromatic carbocycles. The molecule has 0 bridgehead atoms. The van der Waals surface area contributed by atoms with E-state index < -0.39 is 194 Å². The monoisotopic (exact) mass is 1630 g/mol. The van der Waals surface area contributed by atoms with Crippen molar-refractivity contribution in [2.75, 3.05) is 51.3 Å². The number of hydrogen-bond donors (Lipinski definition) is 21. The molecule has 6 heterocycles. The van der Waals surface area contributed by atoms with Crippen LogP contribution in [0.2, 0.25) is 0 Å². The maximum atomic E-state index is 15.1. The predicted octanol–water partition coefficient (Wildman–Crippen LogP) is -5.44. The van der Waals surface area contributed by atoms with Crippen LogP contribution in [0.25, 0.3) is 10.9 Å². The lowest BCUT2D eigenvalue weighted by atomic mass is 10.00. The number of aliphatic hydroxyl groups is 3. The number of aliphatic hydroxyl groups excluding tert-OH is 3. The molecule has 42 nitrogen and oxygen atoms in total. The minimum absolute atomic E-state index is 0.0130. The van der Waals surface area contributed by atoms with Gasteiger partial charge < -0.3 is 120 Å². The number of rotatable bonds is 43. The number of para-hydroxylation sites is 1. The Kier molecular flexibility index (Phi) is 32.6. The molecule has 12 atom stereocenters. The molecular weight excluding hydrogens is 1530 g/mol. The van der Waals surface area contributed by atoms with Gasteiger partial charge in [-0.3, -0.25) is 72.3 Å². The lowest BCUT2D eigenvalue weighted by molar-refractivity contribution is -0.142. The first-order valence-corrected chi connectivity index (χ1v) is 37.2. The van der Waals surface area contributed by atoms with Crippen LogP contribution in [0.4, 0.5) is 14.6 Å². The van der Waals surface area contributed by atoms with E-state index in [-0.39, 0.29) is 114 Å². The third-order valence-corrected chi connectivity index (χ3v) is 18.8. The molecule has 3 saturated heterocycles. The summed E-state index contributed by atoms with van der Waals surface area (Å²) in [6.45, 7) is -0.0498. The van der Waals surface area contributed by atoms with Crippen molar-refractivity contribution in [1.82, 2.24) is 87.9 Å². The summed E-state index contributed by atoms with van der Waals surface area (Å²) in [5, 5.41) is 82.8. The maximum absolute atomic E-state index is 15.1. The number of oxime groups is 1. The first-order chi connectivity index (χ1) is 55.3. The fourth-order valence-corrected chi connectivity index (χ4v) is 12.9. The van der Waals surface area contributed by atoms with Gasteiger partial charge in [0.1, 0.15) is 78.3 Å². The highest BCUT2D eigenvalue weighted by Gasteiger charge is 2.59. The summed E-state index contributed by atoms with van der Waals surface area (Å²) < 4.78 is 34.7. The first-order valence-electron chi connectivity index (χ1n) is 37.2. The second kappa shape index (κ2) is 42.5. The summed E-state index contributed by atoms with van der Waals surface area (Å²) >= 11 is 0. The number of benzene rings is 2. The SMILES string of the molecule is CC(C)CC(NC(=O)C(CCCCNC(=O)/C=N/OCC(=O)Nc1ccn(C2OC(CO)C(O)C2(F)F)c(=O)n1)NC(=O)C(Cc1ccc(O)cc1)NC(=O)C(CO)NC(=O)C(Cc1cc2ccccc2[nH]1)NC(=O)C(Cc1c[nH]cn1)NC(=O)C1CCC(=O)N1)C(=O)NC(CCCNC(=N)N)C(=O)N1CCCC1C(=O)NCC(N)=O. The molecular formula is C72H96F2N22O20. The number of aromatic amines is 2. The Hall–Kier alpha value is -12.6. The molecule has 3 aliphatic rings. The zero-order valence-electron chi connectivity index (χ0n) is 63.2. The number of aromatic nitrogens is 5. The highest BCUT2D eigenvalue weighted by molar-refractivity contribution is 6.26. The summed E-state index contributed by atoms with van der Waals surface area (Å²) in [5.41, 5.74) is 11.2. The number of phenolic OH excluding ortho intramolecular Hbond substituents is 1. The number of fused-ring (bicyclic) bond motifs is 1. The van der Waals surface area contributed by atoms with Crippen LogP contribution in [0.3, 0.4) is 0 Å². The number of unbranched alkanes of at least 4 members (excludes halogenated alkanes) is 1. The summed E-state index contributed by atoms with van der Waals surface area (Å²) in [4.78, 5) is 212. The van der Waals surface area contributed by atoms with Crippen molar-refractivity contribution in [3.05, 3.63) is 107 Å². The highest BCUT2D eigenvalue weighted by atomic mass is 19.3. The fourth-order valence-electron chi connectivity index (χ4n) is 12.9. The predicted molar refractivity (Wildman–Crippen MR) is 404 cm³/mol. The van der Waals surface area contributed by atoms with Gasteiger partial charge >= 0.3 is 11.6 Å². The van der Waals surface area contributed by atoms with E-state index in [0.717, 1.165) is 17.6 Å². The smallest absolute Gasteiger partial charge is 0.351 e. The second-order valence-corrected chi connectivity index (χ2v) is 28.2. The van der Waals surface area contributed by atoms with E-state index in [4.69, 9.17) is 26.5 Å². The number of nitrogens with one attached hydrogen (secondary N) is 15. The normalized spacial score (nSPS) is 18.7. The summed E-state index contributed by atoms with van der Waals surface area (Å²) in [6.07, 6.45) is -2.63. The number of nitrogens with two attached hydrogens (primary N) is 2. The number of likely N-dealkylation sites (tertiary alicyclic amines) is 1. The number of phenols is 1. The largest absolute Gasteiger partial charge is 0.508 e.